The molecule has 2 fully saturated rings. The topological polar surface area (TPSA) is 29.5 Å². The van der Waals surface area contributed by atoms with E-state index in [0.717, 1.165) is 24.9 Å². The Kier molecular flexibility index (Phi) is 3.37. The van der Waals surface area contributed by atoms with E-state index in [0.29, 0.717) is 5.92 Å². The van der Waals surface area contributed by atoms with Crippen LogP contribution in [0.15, 0.2) is 0 Å². The van der Waals surface area contributed by atoms with Crippen LogP contribution in [-0.4, -0.2) is 29.7 Å². The van der Waals surface area contributed by atoms with Gasteiger partial charge in [0, 0.05) is 13.1 Å². The Morgan fingerprint density at radius 2 is 1.82 bits per heavy atom. The first-order chi connectivity index (χ1) is 7.85. The molecule has 1 saturated carbocycles. The summed E-state index contributed by atoms with van der Waals surface area (Å²) in [5.74, 6) is 2.26. The molecule has 0 bridgehead atoms. The minimum Gasteiger partial charge on any atom is -0.444 e. The summed E-state index contributed by atoms with van der Waals surface area (Å²) in [5, 5.41) is 0. The zero-order valence-corrected chi connectivity index (χ0v) is 11.5. The number of carbonyl (C=O) groups is 1. The number of hydrogen-bond acceptors (Lipinski definition) is 2. The van der Waals surface area contributed by atoms with Crippen molar-refractivity contribution in [2.45, 2.75) is 52.6 Å². The Hall–Kier alpha value is -0.730. The van der Waals surface area contributed by atoms with Crippen LogP contribution >= 0.6 is 0 Å². The highest BCUT2D eigenvalue weighted by atomic mass is 16.6. The van der Waals surface area contributed by atoms with Gasteiger partial charge in [-0.15, -0.1) is 0 Å². The number of rotatable bonds is 0. The average Bonchev–Trinajstić information content (AvgIpc) is 2.57. The number of fused-ring (bicyclic) bond motifs is 1. The third kappa shape index (κ3) is 3.14. The van der Waals surface area contributed by atoms with Crippen molar-refractivity contribution in [1.82, 2.24) is 4.90 Å². The molecule has 1 aliphatic heterocycles. The molecule has 3 unspecified atom stereocenters. The normalized spacial score (nSPS) is 33.4. The van der Waals surface area contributed by atoms with E-state index in [1.807, 2.05) is 25.7 Å². The molecule has 0 aromatic rings. The van der Waals surface area contributed by atoms with Gasteiger partial charge in [0.15, 0.2) is 0 Å². The second-order valence-corrected chi connectivity index (χ2v) is 6.82. The molecule has 0 aromatic heterocycles. The second kappa shape index (κ2) is 4.51. The van der Waals surface area contributed by atoms with Gasteiger partial charge in [-0.1, -0.05) is 13.3 Å². The molecule has 1 saturated heterocycles. The van der Waals surface area contributed by atoms with Gasteiger partial charge in [-0.25, -0.2) is 4.79 Å². The number of amides is 1. The van der Waals surface area contributed by atoms with Crippen molar-refractivity contribution in [3.63, 3.8) is 0 Å². The van der Waals surface area contributed by atoms with Crippen LogP contribution in [0.5, 0.6) is 0 Å². The summed E-state index contributed by atoms with van der Waals surface area (Å²) in [4.78, 5) is 13.9. The molecule has 1 heterocycles. The van der Waals surface area contributed by atoms with E-state index in [2.05, 4.69) is 6.92 Å². The first kappa shape index (κ1) is 12.7. The van der Waals surface area contributed by atoms with Gasteiger partial charge in [-0.3, -0.25) is 0 Å². The molecule has 2 aliphatic rings. The van der Waals surface area contributed by atoms with E-state index in [1.165, 1.54) is 19.3 Å². The van der Waals surface area contributed by atoms with E-state index in [4.69, 9.17) is 4.74 Å². The molecular formula is C14H25NO2. The lowest BCUT2D eigenvalue weighted by Gasteiger charge is -2.28. The van der Waals surface area contributed by atoms with Gasteiger partial charge >= 0.3 is 6.09 Å². The zero-order chi connectivity index (χ0) is 12.6. The van der Waals surface area contributed by atoms with Gasteiger partial charge in [-0.2, -0.15) is 0 Å². The van der Waals surface area contributed by atoms with Crippen molar-refractivity contribution in [1.29, 1.82) is 0 Å². The van der Waals surface area contributed by atoms with Crippen molar-refractivity contribution in [2.75, 3.05) is 13.1 Å². The predicted molar refractivity (Wildman–Crippen MR) is 67.8 cm³/mol. The van der Waals surface area contributed by atoms with Crippen molar-refractivity contribution >= 4 is 6.09 Å². The smallest absolute Gasteiger partial charge is 0.410 e. The maximum atomic E-state index is 12.0. The molecule has 17 heavy (non-hydrogen) atoms. The molecule has 0 aromatic carbocycles. The molecule has 3 atom stereocenters. The van der Waals surface area contributed by atoms with Crippen LogP contribution in [0.3, 0.4) is 0 Å². The molecule has 1 aliphatic carbocycles. The average molecular weight is 239 g/mol. The van der Waals surface area contributed by atoms with Crippen LogP contribution < -0.4 is 0 Å². The zero-order valence-electron chi connectivity index (χ0n) is 11.5. The Balaban J connectivity index is 1.91. The second-order valence-electron chi connectivity index (χ2n) is 6.82. The number of nitrogens with zero attached hydrogens (tertiary/aromatic N) is 1. The minimum absolute atomic E-state index is 0.125. The molecule has 3 heteroatoms. The molecule has 0 radical (unpaired) electrons. The standard InChI is InChI=1S/C14H25NO2/c1-10-5-6-11-8-15(9-12(11)7-10)13(16)17-14(2,3)4/h10-12H,5-9H2,1-4H3. The van der Waals surface area contributed by atoms with Crippen molar-refractivity contribution in [3.8, 4) is 0 Å². The van der Waals surface area contributed by atoms with Crippen molar-refractivity contribution in [2.24, 2.45) is 17.8 Å². The summed E-state index contributed by atoms with van der Waals surface area (Å²) in [7, 11) is 0. The minimum atomic E-state index is -0.377. The molecule has 3 nitrogen and oxygen atoms in total. The largest absolute Gasteiger partial charge is 0.444 e. The van der Waals surface area contributed by atoms with Crippen LogP contribution in [0.25, 0.3) is 0 Å². The predicted octanol–water partition coefficient (Wildman–Crippen LogP) is 3.29. The first-order valence-electron chi connectivity index (χ1n) is 6.83. The van der Waals surface area contributed by atoms with Gasteiger partial charge in [0.2, 0.25) is 0 Å². The highest BCUT2D eigenvalue weighted by Gasteiger charge is 2.39. The molecule has 98 valence electrons. The lowest BCUT2D eigenvalue weighted by atomic mass is 9.77. The number of likely N-dealkylation sites (tertiary alicyclic amines) is 1. The van der Waals surface area contributed by atoms with E-state index < -0.39 is 0 Å². The molecular weight excluding hydrogens is 214 g/mol. The Morgan fingerprint density at radius 3 is 2.47 bits per heavy atom. The van der Waals surface area contributed by atoms with Crippen molar-refractivity contribution < 1.29 is 9.53 Å². The number of ether oxygens (including phenoxy) is 1. The quantitative estimate of drug-likeness (QED) is 0.649. The fourth-order valence-electron chi connectivity index (χ4n) is 3.14. The number of carbonyl (C=O) groups excluding carboxylic acids is 1. The highest BCUT2D eigenvalue weighted by Crippen LogP contribution is 2.39. The van der Waals surface area contributed by atoms with Crippen LogP contribution in [0, 0.1) is 17.8 Å². The lowest BCUT2D eigenvalue weighted by molar-refractivity contribution is 0.0284. The van der Waals surface area contributed by atoms with Gasteiger partial charge in [0.25, 0.3) is 0 Å². The monoisotopic (exact) mass is 239 g/mol. The summed E-state index contributed by atoms with van der Waals surface area (Å²) in [6.45, 7) is 9.92. The third-order valence-electron chi connectivity index (χ3n) is 3.96. The summed E-state index contributed by atoms with van der Waals surface area (Å²) in [6.07, 6.45) is 3.76. The van der Waals surface area contributed by atoms with Crippen molar-refractivity contribution in [3.05, 3.63) is 0 Å². The fourth-order valence-corrected chi connectivity index (χ4v) is 3.14. The van der Waals surface area contributed by atoms with E-state index in [1.54, 1.807) is 0 Å². The molecule has 1 amide bonds. The Labute approximate surface area is 105 Å². The maximum Gasteiger partial charge on any atom is 0.410 e. The van der Waals surface area contributed by atoms with Gasteiger partial charge in [-0.05, 0) is 51.4 Å². The fraction of sp³-hybridized carbons (Fsp3) is 0.929. The van der Waals surface area contributed by atoms with Crippen LogP contribution in [-0.2, 0) is 4.74 Å². The molecule has 0 N–H and O–H groups in total. The van der Waals surface area contributed by atoms with Gasteiger partial charge < -0.3 is 9.64 Å². The summed E-state index contributed by atoms with van der Waals surface area (Å²) in [5.41, 5.74) is -0.377. The molecule has 0 spiro atoms. The maximum absolute atomic E-state index is 12.0. The number of hydrogen-bond donors (Lipinski definition) is 0. The Morgan fingerprint density at radius 1 is 1.18 bits per heavy atom. The summed E-state index contributed by atoms with van der Waals surface area (Å²) in [6, 6.07) is 0. The van der Waals surface area contributed by atoms with E-state index in [-0.39, 0.29) is 11.7 Å². The van der Waals surface area contributed by atoms with E-state index in [9.17, 15) is 4.79 Å². The highest BCUT2D eigenvalue weighted by molar-refractivity contribution is 5.68. The van der Waals surface area contributed by atoms with Gasteiger partial charge in [0.1, 0.15) is 5.60 Å². The lowest BCUT2D eigenvalue weighted by Crippen LogP contribution is -2.35. The SMILES string of the molecule is CC1CCC2CN(C(=O)OC(C)(C)C)CC2C1. The first-order valence-corrected chi connectivity index (χ1v) is 6.83. The van der Waals surface area contributed by atoms with E-state index >= 15 is 0 Å². The van der Waals surface area contributed by atoms with Crippen LogP contribution in [0.2, 0.25) is 0 Å². The summed E-state index contributed by atoms with van der Waals surface area (Å²) >= 11 is 0. The Bertz CT molecular complexity index is 295. The van der Waals surface area contributed by atoms with Gasteiger partial charge in [0.05, 0.1) is 0 Å². The molecule has 2 rings (SSSR count). The van der Waals surface area contributed by atoms with Crippen LogP contribution in [0.4, 0.5) is 4.79 Å². The van der Waals surface area contributed by atoms with Crippen LogP contribution in [0.1, 0.15) is 47.0 Å². The third-order valence-corrected chi connectivity index (χ3v) is 3.96. The summed E-state index contributed by atoms with van der Waals surface area (Å²) < 4.78 is 5.44.